The maximum absolute atomic E-state index is 11.4. The van der Waals surface area contributed by atoms with Crippen LogP contribution in [-0.2, 0) is 0 Å². The third-order valence-electron chi connectivity index (χ3n) is 2.17. The first kappa shape index (κ1) is 10.8. The molecular formula is C10H15NO3. The highest BCUT2D eigenvalue weighted by Crippen LogP contribution is 2.07. The Morgan fingerprint density at radius 2 is 2.43 bits per heavy atom. The van der Waals surface area contributed by atoms with E-state index in [1.807, 2.05) is 6.92 Å². The fourth-order valence-electron chi connectivity index (χ4n) is 0.891. The third kappa shape index (κ3) is 2.88. The highest BCUT2D eigenvalue weighted by molar-refractivity contribution is 5.93. The second-order valence-electron chi connectivity index (χ2n) is 3.55. The zero-order valence-electron chi connectivity index (χ0n) is 8.41. The van der Waals surface area contributed by atoms with Crippen molar-refractivity contribution in [3.8, 4) is 0 Å². The van der Waals surface area contributed by atoms with Crippen molar-refractivity contribution >= 4 is 5.91 Å². The molecule has 2 N–H and O–H groups in total. The predicted octanol–water partition coefficient (Wildman–Crippen LogP) is 1.17. The highest BCUT2D eigenvalue weighted by atomic mass is 16.3. The molecule has 1 amide bonds. The summed E-state index contributed by atoms with van der Waals surface area (Å²) in [5, 5.41) is 12.3. The van der Waals surface area contributed by atoms with Crippen molar-refractivity contribution in [1.29, 1.82) is 0 Å². The van der Waals surface area contributed by atoms with Crippen molar-refractivity contribution in [2.75, 3.05) is 6.54 Å². The van der Waals surface area contributed by atoms with Gasteiger partial charge in [0.15, 0.2) is 0 Å². The number of amides is 1. The number of furan rings is 1. The molecule has 4 nitrogen and oxygen atoms in total. The zero-order valence-corrected chi connectivity index (χ0v) is 8.41. The van der Waals surface area contributed by atoms with Gasteiger partial charge in [0.2, 0.25) is 0 Å². The maximum Gasteiger partial charge on any atom is 0.254 e. The summed E-state index contributed by atoms with van der Waals surface area (Å²) in [5.41, 5.74) is -0.378. The largest absolute Gasteiger partial charge is 0.472 e. The van der Waals surface area contributed by atoms with Crippen molar-refractivity contribution < 1.29 is 14.3 Å². The smallest absolute Gasteiger partial charge is 0.254 e. The van der Waals surface area contributed by atoms with Crippen LogP contribution in [0.2, 0.25) is 0 Å². The van der Waals surface area contributed by atoms with Crippen molar-refractivity contribution in [3.63, 3.8) is 0 Å². The van der Waals surface area contributed by atoms with Crippen molar-refractivity contribution in [1.82, 2.24) is 5.32 Å². The van der Waals surface area contributed by atoms with Gasteiger partial charge in [0, 0.05) is 6.54 Å². The number of rotatable bonds is 4. The minimum absolute atomic E-state index is 0.229. The predicted molar refractivity (Wildman–Crippen MR) is 52.0 cm³/mol. The van der Waals surface area contributed by atoms with Gasteiger partial charge in [-0.15, -0.1) is 0 Å². The second kappa shape index (κ2) is 4.28. The monoisotopic (exact) mass is 197 g/mol. The van der Waals surface area contributed by atoms with Crippen LogP contribution in [0.4, 0.5) is 0 Å². The molecular weight excluding hydrogens is 182 g/mol. The summed E-state index contributed by atoms with van der Waals surface area (Å²) >= 11 is 0. The third-order valence-corrected chi connectivity index (χ3v) is 2.17. The van der Waals surface area contributed by atoms with E-state index in [9.17, 15) is 9.90 Å². The average Bonchev–Trinajstić information content (AvgIpc) is 2.67. The number of hydrogen-bond acceptors (Lipinski definition) is 3. The summed E-state index contributed by atoms with van der Waals surface area (Å²) < 4.78 is 4.77. The first-order valence-corrected chi connectivity index (χ1v) is 4.58. The van der Waals surface area contributed by atoms with E-state index in [2.05, 4.69) is 5.32 Å². The number of nitrogens with one attached hydrogen (secondary N) is 1. The van der Waals surface area contributed by atoms with E-state index in [0.29, 0.717) is 12.0 Å². The lowest BCUT2D eigenvalue weighted by Crippen LogP contribution is -2.39. The minimum Gasteiger partial charge on any atom is -0.472 e. The Morgan fingerprint density at radius 3 is 2.93 bits per heavy atom. The first-order chi connectivity index (χ1) is 6.55. The summed E-state index contributed by atoms with van der Waals surface area (Å²) in [6, 6.07) is 1.58. The fourth-order valence-corrected chi connectivity index (χ4v) is 0.891. The normalized spacial score (nSPS) is 14.8. The van der Waals surface area contributed by atoms with E-state index in [0.717, 1.165) is 0 Å². The molecule has 0 aliphatic rings. The van der Waals surface area contributed by atoms with Crippen molar-refractivity contribution in [2.45, 2.75) is 25.9 Å². The lowest BCUT2D eigenvalue weighted by atomic mass is 10.0. The molecule has 0 aromatic carbocycles. The Balaban J connectivity index is 2.43. The molecule has 0 bridgehead atoms. The average molecular weight is 197 g/mol. The first-order valence-electron chi connectivity index (χ1n) is 4.58. The molecule has 0 aliphatic heterocycles. The summed E-state index contributed by atoms with van der Waals surface area (Å²) in [7, 11) is 0. The summed E-state index contributed by atoms with van der Waals surface area (Å²) in [4.78, 5) is 11.4. The van der Waals surface area contributed by atoms with Crippen LogP contribution in [0.15, 0.2) is 23.0 Å². The van der Waals surface area contributed by atoms with Crippen LogP contribution in [0.25, 0.3) is 0 Å². The summed E-state index contributed by atoms with van der Waals surface area (Å²) in [5.74, 6) is -0.229. The van der Waals surface area contributed by atoms with Crippen LogP contribution in [0.5, 0.6) is 0 Å². The number of carbonyl (C=O) groups is 1. The Kier molecular flexibility index (Phi) is 3.30. The van der Waals surface area contributed by atoms with E-state index in [-0.39, 0.29) is 12.5 Å². The van der Waals surface area contributed by atoms with Gasteiger partial charge in [-0.25, -0.2) is 0 Å². The van der Waals surface area contributed by atoms with Crippen LogP contribution in [0.1, 0.15) is 30.6 Å². The minimum atomic E-state index is -0.848. The van der Waals surface area contributed by atoms with Crippen LogP contribution in [0.3, 0.4) is 0 Å². The van der Waals surface area contributed by atoms with Gasteiger partial charge in [0.05, 0.1) is 17.4 Å². The molecule has 0 saturated heterocycles. The van der Waals surface area contributed by atoms with Crippen LogP contribution in [-0.4, -0.2) is 23.2 Å². The van der Waals surface area contributed by atoms with Gasteiger partial charge in [0.1, 0.15) is 6.26 Å². The Labute approximate surface area is 82.9 Å². The van der Waals surface area contributed by atoms with Crippen LogP contribution in [0, 0.1) is 0 Å². The lowest BCUT2D eigenvalue weighted by Gasteiger charge is -2.21. The van der Waals surface area contributed by atoms with Gasteiger partial charge >= 0.3 is 0 Å². The van der Waals surface area contributed by atoms with E-state index in [1.165, 1.54) is 12.5 Å². The van der Waals surface area contributed by atoms with Gasteiger partial charge < -0.3 is 14.8 Å². The number of aliphatic hydroxyl groups is 1. The molecule has 1 aromatic rings. The molecule has 1 rings (SSSR count). The van der Waals surface area contributed by atoms with E-state index >= 15 is 0 Å². The number of carbonyl (C=O) groups excluding carboxylic acids is 1. The standard InChI is InChI=1S/C10H15NO3/c1-3-10(2,13)7-11-9(12)8-4-5-14-6-8/h4-6,13H,3,7H2,1-2H3,(H,11,12). The molecule has 0 radical (unpaired) electrons. The Hall–Kier alpha value is -1.29. The maximum atomic E-state index is 11.4. The quantitative estimate of drug-likeness (QED) is 0.761. The summed E-state index contributed by atoms with van der Waals surface area (Å²) in [6.45, 7) is 3.79. The van der Waals surface area contributed by atoms with Gasteiger partial charge in [-0.05, 0) is 19.4 Å². The highest BCUT2D eigenvalue weighted by Gasteiger charge is 2.18. The molecule has 14 heavy (non-hydrogen) atoms. The van der Waals surface area contributed by atoms with E-state index in [4.69, 9.17) is 4.42 Å². The molecule has 0 fully saturated rings. The van der Waals surface area contributed by atoms with Crippen molar-refractivity contribution in [3.05, 3.63) is 24.2 Å². The molecule has 4 heteroatoms. The molecule has 1 unspecified atom stereocenters. The SMILES string of the molecule is CCC(C)(O)CNC(=O)c1ccoc1. The zero-order chi connectivity index (χ0) is 10.6. The fraction of sp³-hybridized carbons (Fsp3) is 0.500. The molecule has 0 aliphatic carbocycles. The van der Waals surface area contributed by atoms with Gasteiger partial charge in [-0.3, -0.25) is 4.79 Å². The van der Waals surface area contributed by atoms with Gasteiger partial charge in [-0.1, -0.05) is 6.92 Å². The molecule has 1 atom stereocenters. The molecule has 78 valence electrons. The molecule has 1 aromatic heterocycles. The van der Waals surface area contributed by atoms with Crippen LogP contribution >= 0.6 is 0 Å². The molecule has 0 saturated carbocycles. The summed E-state index contributed by atoms with van der Waals surface area (Å²) in [6.07, 6.45) is 3.40. The van der Waals surface area contributed by atoms with E-state index in [1.54, 1.807) is 13.0 Å². The molecule has 0 spiro atoms. The molecule has 1 heterocycles. The van der Waals surface area contributed by atoms with Crippen molar-refractivity contribution in [2.24, 2.45) is 0 Å². The van der Waals surface area contributed by atoms with Gasteiger partial charge in [-0.2, -0.15) is 0 Å². The Morgan fingerprint density at radius 1 is 1.71 bits per heavy atom. The van der Waals surface area contributed by atoms with Gasteiger partial charge in [0.25, 0.3) is 5.91 Å². The van der Waals surface area contributed by atoms with E-state index < -0.39 is 5.60 Å². The lowest BCUT2D eigenvalue weighted by molar-refractivity contribution is 0.0518. The second-order valence-corrected chi connectivity index (χ2v) is 3.55. The topological polar surface area (TPSA) is 62.5 Å². The number of hydrogen-bond donors (Lipinski definition) is 2. The Bertz CT molecular complexity index is 290. The van der Waals surface area contributed by atoms with Crippen LogP contribution < -0.4 is 5.32 Å².